The number of nitrogens with one attached hydrogen (secondary N) is 1. The number of ether oxygens (including phenoxy) is 1. The first kappa shape index (κ1) is 19.5. The second-order valence-corrected chi connectivity index (χ2v) is 5.70. The van der Waals surface area contributed by atoms with Crippen molar-refractivity contribution in [2.75, 3.05) is 33.8 Å². The van der Waals surface area contributed by atoms with Gasteiger partial charge in [-0.2, -0.15) is 0 Å². The molecule has 0 aromatic heterocycles. The van der Waals surface area contributed by atoms with Crippen LogP contribution in [0, 0.1) is 5.92 Å². The Morgan fingerprint density at radius 1 is 1.26 bits per heavy atom. The summed E-state index contributed by atoms with van der Waals surface area (Å²) in [6.45, 7) is 2.55. The van der Waals surface area contributed by atoms with E-state index in [2.05, 4.69) is 5.32 Å². The van der Waals surface area contributed by atoms with E-state index in [1.807, 2.05) is 11.9 Å². The number of amides is 1. The zero-order chi connectivity index (χ0) is 15.9. The minimum Gasteiger partial charge on any atom is -0.497 e. The molecule has 2 rings (SSSR count). The van der Waals surface area contributed by atoms with E-state index >= 15 is 0 Å². The summed E-state index contributed by atoms with van der Waals surface area (Å²) in [6, 6.07) is 7.00. The summed E-state index contributed by atoms with van der Waals surface area (Å²) < 4.78 is 5.07. The van der Waals surface area contributed by atoms with Crippen molar-refractivity contribution in [3.8, 4) is 5.75 Å². The molecule has 0 bridgehead atoms. The molecular weight excluding hydrogens is 316 g/mol. The van der Waals surface area contributed by atoms with Gasteiger partial charge in [0.25, 0.3) is 0 Å². The number of likely N-dealkylation sites (tertiary alicyclic amines) is 1. The van der Waals surface area contributed by atoms with Gasteiger partial charge in [-0.1, -0.05) is 0 Å². The molecule has 1 aromatic rings. The molecule has 1 unspecified atom stereocenters. The Hall–Kier alpha value is -1.59. The zero-order valence-corrected chi connectivity index (χ0v) is 14.5. The van der Waals surface area contributed by atoms with Crippen LogP contribution in [0.1, 0.15) is 29.6 Å². The molecular formula is C17H25ClN2O3. The highest BCUT2D eigenvalue weighted by molar-refractivity contribution is 5.98. The molecule has 1 N–H and O–H groups in total. The zero-order valence-electron chi connectivity index (χ0n) is 13.7. The van der Waals surface area contributed by atoms with Gasteiger partial charge in [-0.25, -0.2) is 0 Å². The molecule has 1 aliphatic rings. The van der Waals surface area contributed by atoms with E-state index in [1.165, 1.54) is 0 Å². The molecule has 1 amide bonds. The Labute approximate surface area is 143 Å². The third kappa shape index (κ3) is 5.52. The first-order valence-electron chi connectivity index (χ1n) is 7.73. The van der Waals surface area contributed by atoms with Crippen LogP contribution in [0.25, 0.3) is 0 Å². The lowest BCUT2D eigenvalue weighted by molar-refractivity contribution is -0.130. The van der Waals surface area contributed by atoms with Gasteiger partial charge in [-0.15, -0.1) is 12.4 Å². The molecule has 23 heavy (non-hydrogen) atoms. The fourth-order valence-corrected chi connectivity index (χ4v) is 2.81. The van der Waals surface area contributed by atoms with Gasteiger partial charge in [0.2, 0.25) is 5.91 Å². The van der Waals surface area contributed by atoms with E-state index in [-0.39, 0.29) is 36.9 Å². The minimum absolute atomic E-state index is 0. The summed E-state index contributed by atoms with van der Waals surface area (Å²) >= 11 is 0. The summed E-state index contributed by atoms with van der Waals surface area (Å²) in [5.41, 5.74) is 0.628. The number of halogens is 1. The smallest absolute Gasteiger partial charge is 0.223 e. The quantitative estimate of drug-likeness (QED) is 0.773. The van der Waals surface area contributed by atoms with Gasteiger partial charge in [-0.05, 0) is 50.2 Å². The highest BCUT2D eigenvalue weighted by Gasteiger charge is 2.25. The maximum atomic E-state index is 12.2. The van der Waals surface area contributed by atoms with Gasteiger partial charge < -0.3 is 15.0 Å². The van der Waals surface area contributed by atoms with Gasteiger partial charge in [0.15, 0.2) is 5.78 Å². The van der Waals surface area contributed by atoms with Crippen LogP contribution in [-0.2, 0) is 4.79 Å². The maximum absolute atomic E-state index is 12.2. The first-order valence-corrected chi connectivity index (χ1v) is 7.73. The largest absolute Gasteiger partial charge is 0.497 e. The number of hydrogen-bond donors (Lipinski definition) is 1. The number of methoxy groups -OCH3 is 1. The molecule has 1 fully saturated rings. The average molecular weight is 341 g/mol. The van der Waals surface area contributed by atoms with Crippen LogP contribution >= 0.6 is 12.4 Å². The highest BCUT2D eigenvalue weighted by Crippen LogP contribution is 2.18. The van der Waals surface area contributed by atoms with Crippen LogP contribution in [0.2, 0.25) is 0 Å². The molecule has 6 heteroatoms. The normalized spacial score (nSPS) is 16.8. The lowest BCUT2D eigenvalue weighted by Crippen LogP contribution is -2.30. The van der Waals surface area contributed by atoms with Gasteiger partial charge in [0.1, 0.15) is 5.75 Å². The Balaban J connectivity index is 0.00000264. The molecule has 0 radical (unpaired) electrons. The van der Waals surface area contributed by atoms with Crippen LogP contribution in [0.4, 0.5) is 0 Å². The molecule has 1 aliphatic heterocycles. The van der Waals surface area contributed by atoms with Crippen molar-refractivity contribution in [3.05, 3.63) is 29.8 Å². The highest BCUT2D eigenvalue weighted by atomic mass is 35.5. The number of rotatable bonds is 7. The number of ketones is 1. The standard InChI is InChI=1S/C17H24N2O3.ClH/c1-18-11-13-9-10-19(12-13)17(21)8-7-16(20)14-3-5-15(22-2)6-4-14;/h3-6,13,18H,7-12H2,1-2H3;1H. The van der Waals surface area contributed by atoms with Crippen molar-refractivity contribution in [1.82, 2.24) is 10.2 Å². The summed E-state index contributed by atoms with van der Waals surface area (Å²) in [6.07, 6.45) is 1.59. The molecule has 1 saturated heterocycles. The number of hydrogen-bond acceptors (Lipinski definition) is 4. The van der Waals surface area contributed by atoms with Crippen molar-refractivity contribution < 1.29 is 14.3 Å². The summed E-state index contributed by atoms with van der Waals surface area (Å²) in [7, 11) is 3.52. The first-order chi connectivity index (χ1) is 10.6. The van der Waals surface area contributed by atoms with Crippen molar-refractivity contribution in [2.24, 2.45) is 5.92 Å². The van der Waals surface area contributed by atoms with Crippen molar-refractivity contribution in [2.45, 2.75) is 19.3 Å². The molecule has 0 aliphatic carbocycles. The topological polar surface area (TPSA) is 58.6 Å². The number of benzene rings is 1. The number of carbonyl (C=O) groups is 2. The predicted molar refractivity (Wildman–Crippen MR) is 92.4 cm³/mol. The molecule has 1 heterocycles. The minimum atomic E-state index is 0. The van der Waals surface area contributed by atoms with Gasteiger partial charge in [0, 0.05) is 31.5 Å². The lowest BCUT2D eigenvalue weighted by atomic mass is 10.1. The average Bonchev–Trinajstić information content (AvgIpc) is 3.01. The van der Waals surface area contributed by atoms with E-state index in [1.54, 1.807) is 31.4 Å². The summed E-state index contributed by atoms with van der Waals surface area (Å²) in [4.78, 5) is 26.2. The Bertz CT molecular complexity index is 519. The predicted octanol–water partition coefficient (Wildman–Crippen LogP) is 2.15. The van der Waals surface area contributed by atoms with E-state index in [0.717, 1.165) is 31.8 Å². The molecule has 128 valence electrons. The van der Waals surface area contributed by atoms with Crippen molar-refractivity contribution in [3.63, 3.8) is 0 Å². The Morgan fingerprint density at radius 3 is 2.57 bits per heavy atom. The maximum Gasteiger partial charge on any atom is 0.223 e. The Morgan fingerprint density at radius 2 is 1.96 bits per heavy atom. The van der Waals surface area contributed by atoms with E-state index in [9.17, 15) is 9.59 Å². The number of nitrogens with zero attached hydrogens (tertiary/aromatic N) is 1. The number of Topliss-reactive ketones (excluding diaryl/α,β-unsaturated/α-hetero) is 1. The fraction of sp³-hybridized carbons (Fsp3) is 0.529. The van der Waals surface area contributed by atoms with Crippen LogP contribution in [-0.4, -0.2) is 50.4 Å². The second-order valence-electron chi connectivity index (χ2n) is 5.70. The van der Waals surface area contributed by atoms with Gasteiger partial charge in [-0.3, -0.25) is 9.59 Å². The summed E-state index contributed by atoms with van der Waals surface area (Å²) in [5.74, 6) is 1.34. The van der Waals surface area contributed by atoms with E-state index < -0.39 is 0 Å². The van der Waals surface area contributed by atoms with Crippen LogP contribution in [0.3, 0.4) is 0 Å². The second kappa shape index (κ2) is 9.53. The SMILES string of the molecule is CNCC1CCN(C(=O)CCC(=O)c2ccc(OC)cc2)C1.Cl. The summed E-state index contributed by atoms with van der Waals surface area (Å²) in [5, 5.41) is 3.15. The third-order valence-electron chi connectivity index (χ3n) is 4.11. The molecule has 0 saturated carbocycles. The van der Waals surface area contributed by atoms with E-state index in [4.69, 9.17) is 4.74 Å². The van der Waals surface area contributed by atoms with Crippen LogP contribution < -0.4 is 10.1 Å². The number of carbonyl (C=O) groups excluding carboxylic acids is 2. The monoisotopic (exact) mass is 340 g/mol. The molecule has 1 atom stereocenters. The van der Waals surface area contributed by atoms with Gasteiger partial charge in [0.05, 0.1) is 7.11 Å². The Kier molecular flexibility index (Phi) is 8.06. The molecule has 5 nitrogen and oxygen atoms in total. The third-order valence-corrected chi connectivity index (χ3v) is 4.11. The fourth-order valence-electron chi connectivity index (χ4n) is 2.81. The van der Waals surface area contributed by atoms with Gasteiger partial charge >= 0.3 is 0 Å². The lowest BCUT2D eigenvalue weighted by Gasteiger charge is -2.16. The van der Waals surface area contributed by atoms with Crippen LogP contribution in [0.15, 0.2) is 24.3 Å². The van der Waals surface area contributed by atoms with Crippen molar-refractivity contribution in [1.29, 1.82) is 0 Å². The molecule has 1 aromatic carbocycles. The van der Waals surface area contributed by atoms with E-state index in [0.29, 0.717) is 11.5 Å². The van der Waals surface area contributed by atoms with Crippen LogP contribution in [0.5, 0.6) is 5.75 Å². The molecule has 0 spiro atoms. The van der Waals surface area contributed by atoms with Crippen molar-refractivity contribution >= 4 is 24.1 Å².